The SMILES string of the molecule is CCC1c2ccccc2-c2cc(-c3cccc4c3oc3ccccc34)ccc2N1S(=O)(=O)c1ccc(O)c(C)c1. The van der Waals surface area contributed by atoms with Crippen molar-refractivity contribution in [1.29, 1.82) is 0 Å². The van der Waals surface area contributed by atoms with Crippen LogP contribution in [-0.4, -0.2) is 13.5 Å². The maximum absolute atomic E-state index is 14.3. The number of rotatable bonds is 4. The Bertz CT molecular complexity index is 2060. The minimum atomic E-state index is -3.94. The molecule has 1 N–H and O–H groups in total. The van der Waals surface area contributed by atoms with E-state index in [2.05, 4.69) is 24.3 Å². The molecule has 1 aliphatic heterocycles. The van der Waals surface area contributed by atoms with Crippen molar-refractivity contribution in [2.75, 3.05) is 4.31 Å². The van der Waals surface area contributed by atoms with E-state index in [0.29, 0.717) is 17.7 Å². The van der Waals surface area contributed by atoms with Crippen molar-refractivity contribution in [1.82, 2.24) is 0 Å². The monoisotopic (exact) mass is 545 g/mol. The molecule has 0 spiro atoms. The Morgan fingerprint density at radius 1 is 0.800 bits per heavy atom. The maximum Gasteiger partial charge on any atom is 0.264 e. The van der Waals surface area contributed by atoms with Crippen molar-refractivity contribution in [2.24, 2.45) is 0 Å². The molecular weight excluding hydrogens is 518 g/mol. The van der Waals surface area contributed by atoms with Crippen LogP contribution >= 0.6 is 0 Å². The Kier molecular flexibility index (Phi) is 5.51. The second-order valence-corrected chi connectivity index (χ2v) is 12.1. The van der Waals surface area contributed by atoms with E-state index in [-0.39, 0.29) is 16.7 Å². The van der Waals surface area contributed by atoms with Crippen molar-refractivity contribution in [3.63, 3.8) is 0 Å². The summed E-state index contributed by atoms with van der Waals surface area (Å²) in [4.78, 5) is 0.155. The standard InChI is InChI=1S/C34H27NO4S/c1-3-30-26-10-5-4-9-25(26)29-20-22(24-12-8-13-28-27-11-6-7-14-33(27)39-34(24)28)15-17-31(29)35(30)40(37,38)23-16-18-32(36)21(2)19-23/h4-20,30,36H,3H2,1-2H3. The molecule has 1 aromatic heterocycles. The van der Waals surface area contributed by atoms with E-state index in [9.17, 15) is 13.5 Å². The fourth-order valence-electron chi connectivity index (χ4n) is 6.00. The molecule has 6 aromatic rings. The van der Waals surface area contributed by atoms with Crippen molar-refractivity contribution in [2.45, 2.75) is 31.2 Å². The van der Waals surface area contributed by atoms with Gasteiger partial charge in [-0.3, -0.25) is 4.31 Å². The summed E-state index contributed by atoms with van der Waals surface area (Å²) in [5.74, 6) is 0.0692. The molecule has 1 atom stereocenters. The molecule has 1 aliphatic rings. The number of hydrogen-bond donors (Lipinski definition) is 1. The van der Waals surface area contributed by atoms with Gasteiger partial charge >= 0.3 is 0 Å². The van der Waals surface area contributed by atoms with Crippen LogP contribution in [-0.2, 0) is 10.0 Å². The zero-order chi connectivity index (χ0) is 27.6. The van der Waals surface area contributed by atoms with Gasteiger partial charge in [0.15, 0.2) is 0 Å². The van der Waals surface area contributed by atoms with Gasteiger partial charge in [-0.05, 0) is 72.0 Å². The van der Waals surface area contributed by atoms with Crippen LogP contribution in [0.25, 0.3) is 44.2 Å². The van der Waals surface area contributed by atoms with Crippen LogP contribution in [0.15, 0.2) is 112 Å². The molecule has 0 radical (unpaired) electrons. The van der Waals surface area contributed by atoms with Crippen LogP contribution in [0.4, 0.5) is 5.69 Å². The molecule has 0 saturated carbocycles. The van der Waals surface area contributed by atoms with Gasteiger partial charge in [-0.2, -0.15) is 0 Å². The molecule has 198 valence electrons. The third kappa shape index (κ3) is 3.56. The first-order valence-electron chi connectivity index (χ1n) is 13.4. The summed E-state index contributed by atoms with van der Waals surface area (Å²) in [5.41, 5.74) is 7.54. The van der Waals surface area contributed by atoms with Gasteiger partial charge in [0, 0.05) is 21.9 Å². The average Bonchev–Trinajstić information content (AvgIpc) is 3.36. The Hall–Kier alpha value is -4.55. The van der Waals surface area contributed by atoms with Crippen LogP contribution < -0.4 is 4.31 Å². The summed E-state index contributed by atoms with van der Waals surface area (Å²) in [6.45, 7) is 3.71. The van der Waals surface area contributed by atoms with E-state index in [1.165, 1.54) is 18.2 Å². The smallest absolute Gasteiger partial charge is 0.264 e. The predicted molar refractivity (Wildman–Crippen MR) is 160 cm³/mol. The Labute approximate surface area is 233 Å². The first-order valence-corrected chi connectivity index (χ1v) is 14.8. The molecular formula is C34H27NO4S. The summed E-state index contributed by atoms with van der Waals surface area (Å²) in [6.07, 6.45) is 0.604. The first kappa shape index (κ1) is 24.5. The fourth-order valence-corrected chi connectivity index (χ4v) is 7.81. The third-order valence-electron chi connectivity index (χ3n) is 7.95. The van der Waals surface area contributed by atoms with Crippen molar-refractivity contribution in [3.8, 4) is 28.0 Å². The summed E-state index contributed by atoms with van der Waals surface area (Å²) in [7, 11) is -3.94. The Balaban J connectivity index is 1.46. The van der Waals surface area contributed by atoms with Gasteiger partial charge in [0.05, 0.1) is 16.6 Å². The largest absolute Gasteiger partial charge is 0.508 e. The highest BCUT2D eigenvalue weighted by molar-refractivity contribution is 7.92. The first-order chi connectivity index (χ1) is 19.4. The van der Waals surface area contributed by atoms with Gasteiger partial charge in [0.2, 0.25) is 0 Å². The quantitative estimate of drug-likeness (QED) is 0.241. The highest BCUT2D eigenvalue weighted by Crippen LogP contribution is 2.50. The second kappa shape index (κ2) is 9.00. The molecule has 5 nitrogen and oxygen atoms in total. The number of fused-ring (bicyclic) bond motifs is 6. The summed E-state index contributed by atoms with van der Waals surface area (Å²) >= 11 is 0. The normalized spacial score (nSPS) is 14.8. The third-order valence-corrected chi connectivity index (χ3v) is 9.77. The Morgan fingerprint density at radius 2 is 1.55 bits per heavy atom. The van der Waals surface area contributed by atoms with Gasteiger partial charge in [-0.25, -0.2) is 8.42 Å². The topological polar surface area (TPSA) is 70.8 Å². The van der Waals surface area contributed by atoms with Crippen LogP contribution in [0.3, 0.4) is 0 Å². The minimum Gasteiger partial charge on any atom is -0.508 e. The van der Waals surface area contributed by atoms with Gasteiger partial charge in [0.25, 0.3) is 10.0 Å². The number of benzene rings is 5. The van der Waals surface area contributed by atoms with E-state index in [4.69, 9.17) is 4.42 Å². The molecule has 0 fully saturated rings. The zero-order valence-corrected chi connectivity index (χ0v) is 22.9. The molecule has 1 unspecified atom stereocenters. The highest BCUT2D eigenvalue weighted by Gasteiger charge is 2.38. The van der Waals surface area contributed by atoms with Gasteiger partial charge < -0.3 is 9.52 Å². The number of anilines is 1. The van der Waals surface area contributed by atoms with E-state index in [1.807, 2.05) is 67.6 Å². The lowest BCUT2D eigenvalue weighted by atomic mass is 9.87. The molecule has 0 bridgehead atoms. The van der Waals surface area contributed by atoms with Crippen LogP contribution in [0.1, 0.15) is 30.5 Å². The fraction of sp³-hybridized carbons (Fsp3) is 0.118. The van der Waals surface area contributed by atoms with Crippen molar-refractivity contribution in [3.05, 3.63) is 114 Å². The molecule has 0 amide bonds. The number of hydrogen-bond acceptors (Lipinski definition) is 4. The molecule has 0 aliphatic carbocycles. The summed E-state index contributed by atoms with van der Waals surface area (Å²) < 4.78 is 36.4. The minimum absolute atomic E-state index is 0.0692. The predicted octanol–water partition coefficient (Wildman–Crippen LogP) is 8.59. The number of para-hydroxylation sites is 2. The summed E-state index contributed by atoms with van der Waals surface area (Å²) in [5, 5.41) is 12.2. The van der Waals surface area contributed by atoms with E-state index < -0.39 is 10.0 Å². The maximum atomic E-state index is 14.3. The number of phenolic OH excluding ortho intramolecular Hbond substituents is 1. The molecule has 40 heavy (non-hydrogen) atoms. The Morgan fingerprint density at radius 3 is 2.38 bits per heavy atom. The van der Waals surface area contributed by atoms with E-state index in [0.717, 1.165) is 49.8 Å². The zero-order valence-electron chi connectivity index (χ0n) is 22.1. The molecule has 5 aromatic carbocycles. The lowest BCUT2D eigenvalue weighted by Crippen LogP contribution is -2.37. The molecule has 0 saturated heterocycles. The number of phenols is 1. The number of aryl methyl sites for hydroxylation is 1. The summed E-state index contributed by atoms with van der Waals surface area (Å²) in [6, 6.07) is 32.2. The van der Waals surface area contributed by atoms with Crippen LogP contribution in [0.5, 0.6) is 5.75 Å². The van der Waals surface area contributed by atoms with Crippen molar-refractivity contribution < 1.29 is 17.9 Å². The number of sulfonamides is 1. The number of furan rings is 1. The van der Waals surface area contributed by atoms with E-state index >= 15 is 0 Å². The van der Waals surface area contributed by atoms with Gasteiger partial charge in [-0.15, -0.1) is 0 Å². The molecule has 6 heteroatoms. The lowest BCUT2D eigenvalue weighted by molar-refractivity contribution is 0.470. The lowest BCUT2D eigenvalue weighted by Gasteiger charge is -2.39. The molecule has 2 heterocycles. The van der Waals surface area contributed by atoms with Gasteiger partial charge in [-0.1, -0.05) is 73.7 Å². The van der Waals surface area contributed by atoms with Crippen LogP contribution in [0.2, 0.25) is 0 Å². The molecule has 7 rings (SSSR count). The van der Waals surface area contributed by atoms with E-state index in [1.54, 1.807) is 11.2 Å². The number of nitrogens with zero attached hydrogens (tertiary/aromatic N) is 1. The second-order valence-electron chi connectivity index (χ2n) is 10.3. The van der Waals surface area contributed by atoms with Crippen LogP contribution in [0, 0.1) is 6.92 Å². The number of aromatic hydroxyl groups is 1. The highest BCUT2D eigenvalue weighted by atomic mass is 32.2. The van der Waals surface area contributed by atoms with Crippen molar-refractivity contribution >= 4 is 37.6 Å². The van der Waals surface area contributed by atoms with Gasteiger partial charge in [0.1, 0.15) is 16.9 Å². The average molecular weight is 546 g/mol.